The van der Waals surface area contributed by atoms with Gasteiger partial charge in [-0.25, -0.2) is 4.79 Å². The van der Waals surface area contributed by atoms with Gasteiger partial charge in [-0.15, -0.1) is 0 Å². The highest BCUT2D eigenvalue weighted by Gasteiger charge is 2.23. The van der Waals surface area contributed by atoms with E-state index in [1.54, 1.807) is 7.05 Å². The van der Waals surface area contributed by atoms with Crippen LogP contribution in [0.25, 0.3) is 0 Å². The fourth-order valence-corrected chi connectivity index (χ4v) is 1.44. The molecule has 0 aromatic rings. The number of ether oxygens (including phenoxy) is 1. The number of amidine groups is 1. The fourth-order valence-electron chi connectivity index (χ4n) is 0.697. The summed E-state index contributed by atoms with van der Waals surface area (Å²) in [6.07, 6.45) is 1.14. The number of hydrogen-bond donors (Lipinski definition) is 1. The molecule has 0 aliphatic carbocycles. The van der Waals surface area contributed by atoms with E-state index in [-0.39, 0.29) is 5.91 Å². The standard InChI is InChI=1S/C7H8N2O3S/c1-8-7-9-6(11)4(13-7)3-5(10)12-2/h3H,1-2H3,(H,8,9,11)/b4-3-. The summed E-state index contributed by atoms with van der Waals surface area (Å²) in [5.41, 5.74) is 0. The molecular weight excluding hydrogens is 192 g/mol. The van der Waals surface area contributed by atoms with E-state index in [0.29, 0.717) is 10.1 Å². The first-order chi connectivity index (χ1) is 6.17. The number of esters is 1. The molecule has 0 spiro atoms. The van der Waals surface area contributed by atoms with E-state index in [1.165, 1.54) is 7.11 Å². The van der Waals surface area contributed by atoms with Crippen molar-refractivity contribution in [3.8, 4) is 0 Å². The number of nitrogens with zero attached hydrogens (tertiary/aromatic N) is 1. The second kappa shape index (κ2) is 4.08. The van der Waals surface area contributed by atoms with Gasteiger partial charge in [0.2, 0.25) is 0 Å². The van der Waals surface area contributed by atoms with Gasteiger partial charge in [-0.2, -0.15) is 0 Å². The van der Waals surface area contributed by atoms with E-state index >= 15 is 0 Å². The van der Waals surface area contributed by atoms with E-state index in [4.69, 9.17) is 0 Å². The summed E-state index contributed by atoms with van der Waals surface area (Å²) in [4.78, 5) is 26.0. The largest absolute Gasteiger partial charge is 0.466 e. The predicted octanol–water partition coefficient (Wildman–Crippen LogP) is -0.108. The van der Waals surface area contributed by atoms with Gasteiger partial charge in [0.15, 0.2) is 5.17 Å². The zero-order chi connectivity index (χ0) is 9.84. The van der Waals surface area contributed by atoms with Crippen molar-refractivity contribution in [3.05, 3.63) is 11.0 Å². The molecule has 0 bridgehead atoms. The Morgan fingerprint density at radius 3 is 2.85 bits per heavy atom. The van der Waals surface area contributed by atoms with Gasteiger partial charge in [0, 0.05) is 13.1 Å². The quantitative estimate of drug-likeness (QED) is 0.474. The van der Waals surface area contributed by atoms with Crippen LogP contribution in [0, 0.1) is 0 Å². The first-order valence-corrected chi connectivity index (χ1v) is 4.24. The first-order valence-electron chi connectivity index (χ1n) is 3.43. The molecule has 1 N–H and O–H groups in total. The smallest absolute Gasteiger partial charge is 0.331 e. The van der Waals surface area contributed by atoms with Crippen LogP contribution in [0.4, 0.5) is 0 Å². The van der Waals surface area contributed by atoms with Crippen molar-refractivity contribution >= 4 is 28.8 Å². The highest BCUT2D eigenvalue weighted by molar-refractivity contribution is 8.18. The van der Waals surface area contributed by atoms with Gasteiger partial charge in [-0.05, 0) is 11.8 Å². The molecule has 1 aliphatic heterocycles. The summed E-state index contributed by atoms with van der Waals surface area (Å²) in [6.45, 7) is 0. The number of methoxy groups -OCH3 is 1. The van der Waals surface area contributed by atoms with Crippen LogP contribution in [-0.4, -0.2) is 31.2 Å². The summed E-state index contributed by atoms with van der Waals surface area (Å²) >= 11 is 1.11. The molecule has 1 heterocycles. The average molecular weight is 200 g/mol. The highest BCUT2D eigenvalue weighted by Crippen LogP contribution is 2.22. The van der Waals surface area contributed by atoms with E-state index in [1.807, 2.05) is 0 Å². The maximum Gasteiger partial charge on any atom is 0.331 e. The lowest BCUT2D eigenvalue weighted by atomic mass is 10.4. The van der Waals surface area contributed by atoms with Crippen molar-refractivity contribution in [3.63, 3.8) is 0 Å². The maximum absolute atomic E-state index is 11.1. The number of hydrogen-bond acceptors (Lipinski definition) is 5. The molecule has 1 rings (SSSR count). The second-order valence-corrected chi connectivity index (χ2v) is 3.15. The third-order valence-corrected chi connectivity index (χ3v) is 2.31. The molecule has 70 valence electrons. The highest BCUT2D eigenvalue weighted by atomic mass is 32.2. The van der Waals surface area contributed by atoms with Crippen molar-refractivity contribution in [2.45, 2.75) is 0 Å². The SMILES string of the molecule is CN=C1NC(=O)/C(=C/C(=O)OC)S1. The lowest BCUT2D eigenvalue weighted by Gasteiger charge is -1.90. The molecule has 5 nitrogen and oxygen atoms in total. The Morgan fingerprint density at radius 1 is 1.69 bits per heavy atom. The summed E-state index contributed by atoms with van der Waals surface area (Å²) in [5.74, 6) is -0.869. The minimum absolute atomic E-state index is 0.299. The Kier molecular flexibility index (Phi) is 3.07. The number of carbonyl (C=O) groups excluding carboxylic acids is 2. The van der Waals surface area contributed by atoms with Crippen molar-refractivity contribution in [1.29, 1.82) is 0 Å². The first kappa shape index (κ1) is 9.79. The molecule has 1 amide bonds. The molecule has 1 saturated heterocycles. The van der Waals surface area contributed by atoms with Crippen molar-refractivity contribution in [1.82, 2.24) is 5.32 Å². The monoisotopic (exact) mass is 200 g/mol. The van der Waals surface area contributed by atoms with Gasteiger partial charge >= 0.3 is 5.97 Å². The fraction of sp³-hybridized carbons (Fsp3) is 0.286. The van der Waals surface area contributed by atoms with E-state index in [2.05, 4.69) is 15.0 Å². The number of carbonyl (C=O) groups is 2. The number of amides is 1. The molecule has 1 fully saturated rings. The van der Waals surface area contributed by atoms with Crippen LogP contribution in [0.1, 0.15) is 0 Å². The van der Waals surface area contributed by atoms with E-state index < -0.39 is 5.97 Å². The van der Waals surface area contributed by atoms with Crippen LogP contribution in [-0.2, 0) is 14.3 Å². The molecule has 0 atom stereocenters. The second-order valence-electron chi connectivity index (χ2n) is 2.12. The number of nitrogens with one attached hydrogen (secondary N) is 1. The van der Waals surface area contributed by atoms with Crippen LogP contribution in [0.15, 0.2) is 16.0 Å². The zero-order valence-corrected chi connectivity index (χ0v) is 7.97. The van der Waals surface area contributed by atoms with E-state index in [9.17, 15) is 9.59 Å². The van der Waals surface area contributed by atoms with Crippen LogP contribution in [0.3, 0.4) is 0 Å². The lowest BCUT2D eigenvalue weighted by Crippen LogP contribution is -2.19. The molecule has 0 radical (unpaired) electrons. The van der Waals surface area contributed by atoms with Crippen molar-refractivity contribution in [2.24, 2.45) is 4.99 Å². The predicted molar refractivity (Wildman–Crippen MR) is 49.2 cm³/mol. The minimum atomic E-state index is -0.546. The molecule has 0 aromatic carbocycles. The molecule has 6 heteroatoms. The summed E-state index contributed by atoms with van der Waals surface area (Å²) in [6, 6.07) is 0. The molecule has 0 aromatic heterocycles. The van der Waals surface area contributed by atoms with E-state index in [0.717, 1.165) is 17.8 Å². The van der Waals surface area contributed by atoms with Crippen molar-refractivity contribution < 1.29 is 14.3 Å². The molecule has 13 heavy (non-hydrogen) atoms. The number of thioether (sulfide) groups is 1. The summed E-state index contributed by atoms with van der Waals surface area (Å²) in [5, 5.41) is 2.97. The Labute approximate surface area is 79.2 Å². The Morgan fingerprint density at radius 2 is 2.38 bits per heavy atom. The van der Waals surface area contributed by atoms with Gasteiger partial charge in [0.05, 0.1) is 12.0 Å². The number of aliphatic imine (C=N–C) groups is 1. The topological polar surface area (TPSA) is 67.8 Å². The van der Waals surface area contributed by atoms with Crippen LogP contribution in [0.2, 0.25) is 0 Å². The maximum atomic E-state index is 11.1. The molecular formula is C7H8N2O3S. The zero-order valence-electron chi connectivity index (χ0n) is 7.16. The lowest BCUT2D eigenvalue weighted by molar-refractivity contribution is -0.135. The van der Waals surface area contributed by atoms with Crippen LogP contribution < -0.4 is 5.32 Å². The number of rotatable bonds is 1. The molecule has 0 unspecified atom stereocenters. The Hall–Kier alpha value is -1.30. The van der Waals surface area contributed by atoms with Gasteiger partial charge in [0.1, 0.15) is 0 Å². The van der Waals surface area contributed by atoms with Gasteiger partial charge in [-0.1, -0.05) is 0 Å². The minimum Gasteiger partial charge on any atom is -0.466 e. The van der Waals surface area contributed by atoms with Crippen LogP contribution in [0.5, 0.6) is 0 Å². The van der Waals surface area contributed by atoms with Gasteiger partial charge < -0.3 is 10.1 Å². The summed E-state index contributed by atoms with van der Waals surface area (Å²) in [7, 11) is 2.81. The average Bonchev–Trinajstić information content (AvgIpc) is 2.47. The third-order valence-electron chi connectivity index (χ3n) is 1.30. The van der Waals surface area contributed by atoms with Gasteiger partial charge in [0.25, 0.3) is 5.91 Å². The normalized spacial score (nSPS) is 22.2. The molecule has 1 aliphatic rings. The summed E-state index contributed by atoms with van der Waals surface area (Å²) < 4.78 is 4.38. The Bertz CT molecular complexity index is 309. The molecule has 0 saturated carbocycles. The van der Waals surface area contributed by atoms with Gasteiger partial charge in [-0.3, -0.25) is 9.79 Å². The van der Waals surface area contributed by atoms with Crippen molar-refractivity contribution in [2.75, 3.05) is 14.2 Å². The third kappa shape index (κ3) is 2.32. The Balaban J connectivity index is 2.78. The van der Waals surface area contributed by atoms with Crippen LogP contribution >= 0.6 is 11.8 Å².